The lowest BCUT2D eigenvalue weighted by Crippen LogP contribution is -2.48. The number of fused-ring (bicyclic) bond motifs is 3. The molecule has 2 aromatic heterocycles. The number of piperazine rings is 1. The van der Waals surface area contributed by atoms with Crippen LogP contribution in [0.25, 0.3) is 10.2 Å². The van der Waals surface area contributed by atoms with E-state index in [0.717, 1.165) is 57.3 Å². The van der Waals surface area contributed by atoms with E-state index in [2.05, 4.69) is 23.6 Å². The molecule has 1 aliphatic carbocycles. The number of hydrogen-bond acceptors (Lipinski definition) is 6. The molecule has 3 heterocycles. The van der Waals surface area contributed by atoms with E-state index >= 15 is 0 Å². The zero-order chi connectivity index (χ0) is 22.6. The lowest BCUT2D eigenvalue weighted by Gasteiger charge is -2.36. The third-order valence-corrected chi connectivity index (χ3v) is 8.39. The second kappa shape index (κ2) is 10.4. The van der Waals surface area contributed by atoms with Crippen LogP contribution in [0.3, 0.4) is 0 Å². The fraction of sp³-hybridized carbons (Fsp3) is 0.556. The molecular formula is C27H36N4OS. The van der Waals surface area contributed by atoms with E-state index in [1.165, 1.54) is 48.1 Å². The number of para-hydroxylation sites is 1. The van der Waals surface area contributed by atoms with Crippen LogP contribution in [0.15, 0.2) is 30.3 Å². The van der Waals surface area contributed by atoms with Gasteiger partial charge in [-0.05, 0) is 49.8 Å². The van der Waals surface area contributed by atoms with Crippen LogP contribution in [0.5, 0.6) is 5.75 Å². The van der Waals surface area contributed by atoms with Gasteiger partial charge < -0.3 is 9.64 Å². The van der Waals surface area contributed by atoms with E-state index in [0.29, 0.717) is 5.92 Å². The van der Waals surface area contributed by atoms with Gasteiger partial charge in [-0.25, -0.2) is 9.97 Å². The topological polar surface area (TPSA) is 41.5 Å². The number of aryl methyl sites for hydroxylation is 2. The first kappa shape index (κ1) is 22.6. The molecule has 0 spiro atoms. The maximum absolute atomic E-state index is 5.92. The molecule has 0 bridgehead atoms. The van der Waals surface area contributed by atoms with E-state index in [1.807, 2.05) is 41.7 Å². The van der Waals surface area contributed by atoms with Crippen LogP contribution in [-0.2, 0) is 12.8 Å². The number of nitrogens with zero attached hydrogens (tertiary/aromatic N) is 4. The third-order valence-electron chi connectivity index (χ3n) is 7.21. The quantitative estimate of drug-likeness (QED) is 0.421. The molecule has 1 fully saturated rings. The summed E-state index contributed by atoms with van der Waals surface area (Å²) in [4.78, 5) is 18.1. The fourth-order valence-electron chi connectivity index (χ4n) is 4.96. The lowest BCUT2D eigenvalue weighted by molar-refractivity contribution is 0.200. The number of hydrogen-bond donors (Lipinski definition) is 0. The number of aromatic nitrogens is 2. The minimum Gasteiger partial charge on any atom is -0.492 e. The van der Waals surface area contributed by atoms with Gasteiger partial charge in [0, 0.05) is 43.5 Å². The first-order valence-corrected chi connectivity index (χ1v) is 13.5. The predicted molar refractivity (Wildman–Crippen MR) is 138 cm³/mol. The largest absolute Gasteiger partial charge is 0.492 e. The zero-order valence-corrected chi connectivity index (χ0v) is 20.9. The molecule has 0 saturated carbocycles. The van der Waals surface area contributed by atoms with Crippen LogP contribution in [0.1, 0.15) is 61.7 Å². The molecule has 0 radical (unpaired) electrons. The summed E-state index contributed by atoms with van der Waals surface area (Å²) in [5.41, 5.74) is 1.55. The van der Waals surface area contributed by atoms with Crippen molar-refractivity contribution in [1.29, 1.82) is 0 Å². The summed E-state index contributed by atoms with van der Waals surface area (Å²) in [5.74, 6) is 3.58. The monoisotopic (exact) mass is 464 g/mol. The first-order chi connectivity index (χ1) is 16.2. The van der Waals surface area contributed by atoms with Crippen molar-refractivity contribution < 1.29 is 4.74 Å². The molecule has 2 aliphatic rings. The normalized spacial score (nSPS) is 18.2. The molecular weight excluding hydrogens is 428 g/mol. The van der Waals surface area contributed by atoms with Crippen LogP contribution in [-0.4, -0.2) is 54.2 Å². The predicted octanol–water partition coefficient (Wildman–Crippen LogP) is 5.67. The van der Waals surface area contributed by atoms with E-state index in [-0.39, 0.29) is 0 Å². The van der Waals surface area contributed by atoms with Crippen molar-refractivity contribution in [1.82, 2.24) is 14.9 Å². The Morgan fingerprint density at radius 3 is 2.58 bits per heavy atom. The van der Waals surface area contributed by atoms with Gasteiger partial charge in [0.05, 0.1) is 5.39 Å². The summed E-state index contributed by atoms with van der Waals surface area (Å²) in [6.07, 6.45) is 7.42. The Labute approximate surface area is 201 Å². The van der Waals surface area contributed by atoms with Crippen molar-refractivity contribution in [2.45, 2.75) is 58.3 Å². The number of ether oxygens (including phenoxy) is 1. The van der Waals surface area contributed by atoms with Gasteiger partial charge in [-0.1, -0.05) is 38.5 Å². The van der Waals surface area contributed by atoms with E-state index in [9.17, 15) is 0 Å². The molecule has 0 N–H and O–H groups in total. The summed E-state index contributed by atoms with van der Waals surface area (Å²) in [6, 6.07) is 10.1. The summed E-state index contributed by atoms with van der Waals surface area (Å²) in [7, 11) is 0. The Balaban J connectivity index is 1.33. The van der Waals surface area contributed by atoms with E-state index in [4.69, 9.17) is 14.7 Å². The smallest absolute Gasteiger partial charge is 0.141 e. The SMILES string of the molecule is CC[C@H](C)c1nc(N2CCN(CCOc3ccccc3)CC2)c2c3c(sc2n1)CCCCC3. The number of rotatable bonds is 7. The minimum absolute atomic E-state index is 0.395. The van der Waals surface area contributed by atoms with Crippen LogP contribution in [0, 0.1) is 0 Å². The van der Waals surface area contributed by atoms with Gasteiger partial charge in [-0.15, -0.1) is 11.3 Å². The highest BCUT2D eigenvalue weighted by Gasteiger charge is 2.26. The second-order valence-corrected chi connectivity index (χ2v) is 10.5. The van der Waals surface area contributed by atoms with Crippen molar-refractivity contribution in [3.8, 4) is 5.75 Å². The van der Waals surface area contributed by atoms with Gasteiger partial charge in [0.2, 0.25) is 0 Å². The lowest BCUT2D eigenvalue weighted by atomic mass is 10.1. The molecule has 1 aromatic carbocycles. The average Bonchev–Trinajstić information content (AvgIpc) is 3.05. The molecule has 0 unspecified atom stereocenters. The highest BCUT2D eigenvalue weighted by Crippen LogP contribution is 2.40. The van der Waals surface area contributed by atoms with Crippen LogP contribution < -0.4 is 9.64 Å². The summed E-state index contributed by atoms with van der Waals surface area (Å²) in [5, 5.41) is 1.37. The molecule has 1 saturated heterocycles. The maximum Gasteiger partial charge on any atom is 0.141 e. The molecule has 0 amide bonds. The van der Waals surface area contributed by atoms with Crippen molar-refractivity contribution in [2.75, 3.05) is 44.2 Å². The molecule has 5 nitrogen and oxygen atoms in total. The Morgan fingerprint density at radius 1 is 1.00 bits per heavy atom. The molecule has 5 rings (SSSR count). The van der Waals surface area contributed by atoms with Gasteiger partial charge in [0.25, 0.3) is 0 Å². The number of benzene rings is 1. The summed E-state index contributed by atoms with van der Waals surface area (Å²) < 4.78 is 5.92. The number of anilines is 1. The van der Waals surface area contributed by atoms with E-state index < -0.39 is 0 Å². The van der Waals surface area contributed by atoms with Gasteiger partial charge in [-0.2, -0.15) is 0 Å². The van der Waals surface area contributed by atoms with E-state index in [1.54, 1.807) is 10.4 Å². The van der Waals surface area contributed by atoms with Crippen LogP contribution in [0.2, 0.25) is 0 Å². The van der Waals surface area contributed by atoms with Crippen LogP contribution in [0.4, 0.5) is 5.82 Å². The molecule has 176 valence electrons. The minimum atomic E-state index is 0.395. The second-order valence-electron chi connectivity index (χ2n) is 9.45. The van der Waals surface area contributed by atoms with Crippen molar-refractivity contribution >= 4 is 27.4 Å². The zero-order valence-electron chi connectivity index (χ0n) is 20.1. The summed E-state index contributed by atoms with van der Waals surface area (Å²) in [6.45, 7) is 10.3. The van der Waals surface area contributed by atoms with Crippen molar-refractivity contribution in [3.05, 3.63) is 46.6 Å². The van der Waals surface area contributed by atoms with Gasteiger partial charge in [0.15, 0.2) is 0 Å². The molecule has 1 aliphatic heterocycles. The highest BCUT2D eigenvalue weighted by atomic mass is 32.1. The standard InChI is InChI=1S/C27H36N4OS/c1-3-20(2)25-28-26(24-22-12-8-5-9-13-23(22)33-27(24)29-25)31-16-14-30(15-17-31)18-19-32-21-10-6-4-7-11-21/h4,6-7,10-11,20H,3,5,8-9,12-19H2,1-2H3/t20-/m0/s1. The van der Waals surface area contributed by atoms with Crippen molar-refractivity contribution in [2.24, 2.45) is 0 Å². The van der Waals surface area contributed by atoms with Gasteiger partial charge in [0.1, 0.15) is 28.8 Å². The maximum atomic E-state index is 5.92. The van der Waals surface area contributed by atoms with Gasteiger partial charge >= 0.3 is 0 Å². The Morgan fingerprint density at radius 2 is 1.79 bits per heavy atom. The van der Waals surface area contributed by atoms with Crippen molar-refractivity contribution in [3.63, 3.8) is 0 Å². The highest BCUT2D eigenvalue weighted by molar-refractivity contribution is 7.19. The Hall–Kier alpha value is -2.18. The fourth-order valence-corrected chi connectivity index (χ4v) is 6.22. The molecule has 1 atom stereocenters. The summed E-state index contributed by atoms with van der Waals surface area (Å²) >= 11 is 1.94. The number of thiophene rings is 1. The average molecular weight is 465 g/mol. The van der Waals surface area contributed by atoms with Crippen LogP contribution >= 0.6 is 11.3 Å². The Bertz CT molecular complexity index is 1060. The molecule has 3 aromatic rings. The molecule has 33 heavy (non-hydrogen) atoms. The molecule has 6 heteroatoms. The third kappa shape index (κ3) is 5.02. The Kier molecular flexibility index (Phi) is 7.12. The first-order valence-electron chi connectivity index (χ1n) is 12.7. The van der Waals surface area contributed by atoms with Gasteiger partial charge in [-0.3, -0.25) is 4.90 Å².